The topological polar surface area (TPSA) is 32.7 Å². The first-order valence-electron chi connectivity index (χ1n) is 6.78. The van der Waals surface area contributed by atoms with E-state index in [1.54, 1.807) is 37.3 Å². The minimum atomic E-state index is -0.258. The number of anilines is 1. The number of amides is 1. The SMILES string of the molecule is CC1=NN(c2ccc(Cl)cc2Cl)C(=O)/C1=C/c1ccccc1Cl. The average molecular weight is 366 g/mol. The Bertz CT molecular complexity index is 859. The van der Waals surface area contributed by atoms with Crippen molar-refractivity contribution in [3.63, 3.8) is 0 Å². The molecule has 2 aromatic carbocycles. The van der Waals surface area contributed by atoms with E-state index in [1.807, 2.05) is 18.2 Å². The van der Waals surface area contributed by atoms with Crippen LogP contribution in [0.25, 0.3) is 6.08 Å². The molecular weight excluding hydrogens is 355 g/mol. The number of nitrogens with zero attached hydrogens (tertiary/aromatic N) is 2. The van der Waals surface area contributed by atoms with E-state index in [-0.39, 0.29) is 5.91 Å². The minimum Gasteiger partial charge on any atom is -0.267 e. The molecule has 0 saturated heterocycles. The van der Waals surface area contributed by atoms with Crippen LogP contribution < -0.4 is 5.01 Å². The average Bonchev–Trinajstić information content (AvgIpc) is 2.77. The van der Waals surface area contributed by atoms with E-state index in [0.717, 1.165) is 5.56 Å². The first kappa shape index (κ1) is 16.1. The molecule has 1 heterocycles. The van der Waals surface area contributed by atoms with Gasteiger partial charge in [-0.05, 0) is 42.8 Å². The van der Waals surface area contributed by atoms with Gasteiger partial charge in [-0.2, -0.15) is 10.1 Å². The van der Waals surface area contributed by atoms with Gasteiger partial charge in [-0.25, -0.2) is 0 Å². The van der Waals surface area contributed by atoms with E-state index in [0.29, 0.717) is 32.0 Å². The summed E-state index contributed by atoms with van der Waals surface area (Å²) >= 11 is 18.2. The largest absolute Gasteiger partial charge is 0.280 e. The fourth-order valence-corrected chi connectivity index (χ4v) is 2.93. The summed E-state index contributed by atoms with van der Waals surface area (Å²) in [5, 5.41) is 7.01. The summed E-state index contributed by atoms with van der Waals surface area (Å²) in [4.78, 5) is 12.7. The van der Waals surface area contributed by atoms with Crippen molar-refractivity contribution in [2.75, 3.05) is 5.01 Å². The molecule has 0 atom stereocenters. The highest BCUT2D eigenvalue weighted by molar-refractivity contribution is 6.39. The molecule has 0 aliphatic carbocycles. The lowest BCUT2D eigenvalue weighted by Gasteiger charge is -2.13. The third kappa shape index (κ3) is 3.13. The number of rotatable bonds is 2. The van der Waals surface area contributed by atoms with Crippen LogP contribution in [-0.4, -0.2) is 11.6 Å². The van der Waals surface area contributed by atoms with Crippen molar-refractivity contribution in [3.8, 4) is 0 Å². The summed E-state index contributed by atoms with van der Waals surface area (Å²) in [5.74, 6) is -0.258. The summed E-state index contributed by atoms with van der Waals surface area (Å²) in [5.41, 5.74) is 2.32. The zero-order valence-corrected chi connectivity index (χ0v) is 14.3. The highest BCUT2D eigenvalue weighted by Crippen LogP contribution is 2.33. The Morgan fingerprint density at radius 3 is 2.48 bits per heavy atom. The quantitative estimate of drug-likeness (QED) is 0.651. The molecular formula is C17H11Cl3N2O. The van der Waals surface area contributed by atoms with Gasteiger partial charge in [-0.15, -0.1) is 0 Å². The molecule has 0 fully saturated rings. The Labute approximate surface area is 148 Å². The van der Waals surface area contributed by atoms with Crippen LogP contribution in [0.3, 0.4) is 0 Å². The first-order valence-corrected chi connectivity index (χ1v) is 7.92. The second-order valence-electron chi connectivity index (χ2n) is 4.98. The van der Waals surface area contributed by atoms with Crippen LogP contribution in [0.15, 0.2) is 53.1 Å². The fraction of sp³-hybridized carbons (Fsp3) is 0.0588. The van der Waals surface area contributed by atoms with E-state index >= 15 is 0 Å². The molecule has 2 aromatic rings. The van der Waals surface area contributed by atoms with Crippen molar-refractivity contribution in [1.82, 2.24) is 0 Å². The summed E-state index contributed by atoms with van der Waals surface area (Å²) < 4.78 is 0. The molecule has 0 bridgehead atoms. The van der Waals surface area contributed by atoms with Crippen LogP contribution in [0.2, 0.25) is 15.1 Å². The third-order valence-corrected chi connectivity index (χ3v) is 4.29. The molecule has 0 unspecified atom stereocenters. The highest BCUT2D eigenvalue weighted by Gasteiger charge is 2.30. The molecule has 116 valence electrons. The number of hydrogen-bond donors (Lipinski definition) is 0. The van der Waals surface area contributed by atoms with E-state index in [1.165, 1.54) is 5.01 Å². The number of hydrazone groups is 1. The van der Waals surface area contributed by atoms with Gasteiger partial charge in [0.05, 0.1) is 22.0 Å². The maximum absolute atomic E-state index is 12.7. The molecule has 0 saturated carbocycles. The lowest BCUT2D eigenvalue weighted by molar-refractivity contribution is -0.114. The van der Waals surface area contributed by atoms with Crippen LogP contribution in [0.5, 0.6) is 0 Å². The van der Waals surface area contributed by atoms with Crippen LogP contribution in [0, 0.1) is 0 Å². The van der Waals surface area contributed by atoms with Crippen LogP contribution in [0.4, 0.5) is 5.69 Å². The number of hydrogen-bond acceptors (Lipinski definition) is 2. The zero-order chi connectivity index (χ0) is 16.6. The number of carbonyl (C=O) groups is 1. The van der Waals surface area contributed by atoms with E-state index in [9.17, 15) is 4.79 Å². The van der Waals surface area contributed by atoms with Gasteiger partial charge in [0, 0.05) is 10.0 Å². The molecule has 3 rings (SSSR count). The first-order chi connectivity index (χ1) is 11.0. The van der Waals surface area contributed by atoms with Gasteiger partial charge in [-0.3, -0.25) is 4.79 Å². The van der Waals surface area contributed by atoms with Crippen molar-refractivity contribution in [2.45, 2.75) is 6.92 Å². The van der Waals surface area contributed by atoms with E-state index < -0.39 is 0 Å². The van der Waals surface area contributed by atoms with Crippen LogP contribution in [0.1, 0.15) is 12.5 Å². The van der Waals surface area contributed by atoms with Crippen molar-refractivity contribution in [3.05, 3.63) is 68.7 Å². The van der Waals surface area contributed by atoms with Gasteiger partial charge in [0.25, 0.3) is 5.91 Å². The van der Waals surface area contributed by atoms with Crippen molar-refractivity contribution < 1.29 is 4.79 Å². The van der Waals surface area contributed by atoms with Gasteiger partial charge < -0.3 is 0 Å². The predicted molar refractivity (Wildman–Crippen MR) is 96.5 cm³/mol. The Morgan fingerprint density at radius 1 is 1.04 bits per heavy atom. The standard InChI is InChI=1S/C17H11Cl3N2O/c1-10-13(8-11-4-2-3-5-14(11)19)17(23)22(21-10)16-7-6-12(18)9-15(16)20/h2-9H,1H3/b13-8+. The summed E-state index contributed by atoms with van der Waals surface area (Å²) in [6.07, 6.45) is 1.73. The number of benzene rings is 2. The minimum absolute atomic E-state index is 0.258. The molecule has 1 aliphatic heterocycles. The second-order valence-corrected chi connectivity index (χ2v) is 6.23. The molecule has 0 spiro atoms. The Kier molecular flexibility index (Phi) is 4.44. The summed E-state index contributed by atoms with van der Waals surface area (Å²) in [6, 6.07) is 12.2. The lowest BCUT2D eigenvalue weighted by Crippen LogP contribution is -2.21. The van der Waals surface area contributed by atoms with Crippen molar-refractivity contribution in [2.24, 2.45) is 5.10 Å². The van der Waals surface area contributed by atoms with Crippen LogP contribution in [-0.2, 0) is 4.79 Å². The van der Waals surface area contributed by atoms with Crippen molar-refractivity contribution >= 4 is 58.2 Å². The van der Waals surface area contributed by atoms with Crippen molar-refractivity contribution in [1.29, 1.82) is 0 Å². The molecule has 1 amide bonds. The molecule has 0 N–H and O–H groups in total. The van der Waals surface area contributed by atoms with Gasteiger partial charge in [0.2, 0.25) is 0 Å². The maximum Gasteiger partial charge on any atom is 0.280 e. The molecule has 1 aliphatic rings. The van der Waals surface area contributed by atoms with Crippen LogP contribution >= 0.6 is 34.8 Å². The molecule has 3 nitrogen and oxygen atoms in total. The second kappa shape index (κ2) is 6.36. The Morgan fingerprint density at radius 2 is 1.78 bits per heavy atom. The molecule has 0 radical (unpaired) electrons. The zero-order valence-electron chi connectivity index (χ0n) is 12.1. The molecule has 0 aromatic heterocycles. The predicted octanol–water partition coefficient (Wildman–Crippen LogP) is 5.45. The van der Waals surface area contributed by atoms with Gasteiger partial charge in [-0.1, -0.05) is 53.0 Å². The molecule has 6 heteroatoms. The highest BCUT2D eigenvalue weighted by atomic mass is 35.5. The normalized spacial score (nSPS) is 16.2. The van der Waals surface area contributed by atoms with Gasteiger partial charge in [0.1, 0.15) is 0 Å². The maximum atomic E-state index is 12.7. The monoisotopic (exact) mass is 364 g/mol. The summed E-state index contributed by atoms with van der Waals surface area (Å²) in [6.45, 7) is 1.77. The Balaban J connectivity index is 2.00. The van der Waals surface area contributed by atoms with E-state index in [4.69, 9.17) is 34.8 Å². The third-order valence-electron chi connectivity index (χ3n) is 3.41. The fourth-order valence-electron chi connectivity index (χ4n) is 2.25. The molecule has 23 heavy (non-hydrogen) atoms. The van der Waals surface area contributed by atoms with Gasteiger partial charge in [0.15, 0.2) is 0 Å². The lowest BCUT2D eigenvalue weighted by atomic mass is 10.1. The van der Waals surface area contributed by atoms with E-state index in [2.05, 4.69) is 5.10 Å². The Hall–Kier alpha value is -1.81. The summed E-state index contributed by atoms with van der Waals surface area (Å²) in [7, 11) is 0. The number of halogens is 3. The van der Waals surface area contributed by atoms with Gasteiger partial charge >= 0.3 is 0 Å². The number of carbonyl (C=O) groups excluding carboxylic acids is 1. The smallest absolute Gasteiger partial charge is 0.267 e.